The minimum Gasteiger partial charge on any atom is -0.335 e. The minimum absolute atomic E-state index is 0.165. The van der Waals surface area contributed by atoms with Gasteiger partial charge in [0.2, 0.25) is 20.0 Å². The Morgan fingerprint density at radius 3 is 1.05 bits per heavy atom. The summed E-state index contributed by atoms with van der Waals surface area (Å²) in [5.74, 6) is -0.438. The number of piperazine rings is 1. The third-order valence-electron chi connectivity index (χ3n) is 7.22. The van der Waals surface area contributed by atoms with E-state index >= 15 is 0 Å². The van der Waals surface area contributed by atoms with Gasteiger partial charge in [-0.05, 0) is 74.2 Å². The molecular formula is C30H44N4O6S2. The van der Waals surface area contributed by atoms with Crippen molar-refractivity contribution in [1.82, 2.24) is 18.4 Å². The molecule has 1 aliphatic heterocycles. The first-order valence-electron chi connectivity index (χ1n) is 14.8. The molecule has 1 aliphatic rings. The van der Waals surface area contributed by atoms with Crippen LogP contribution in [0.3, 0.4) is 0 Å². The van der Waals surface area contributed by atoms with Crippen molar-refractivity contribution in [2.75, 3.05) is 52.4 Å². The molecule has 1 fully saturated rings. The van der Waals surface area contributed by atoms with Crippen LogP contribution in [0.25, 0.3) is 0 Å². The van der Waals surface area contributed by atoms with Crippen LogP contribution < -0.4 is 0 Å². The van der Waals surface area contributed by atoms with Crippen LogP contribution in [0, 0.1) is 0 Å². The van der Waals surface area contributed by atoms with Gasteiger partial charge in [0.05, 0.1) is 9.79 Å². The number of nitrogens with zero attached hydrogens (tertiary/aromatic N) is 4. The highest BCUT2D eigenvalue weighted by Crippen LogP contribution is 2.21. The Labute approximate surface area is 251 Å². The van der Waals surface area contributed by atoms with E-state index in [0.29, 0.717) is 89.2 Å². The van der Waals surface area contributed by atoms with Crippen LogP contribution in [-0.2, 0) is 20.0 Å². The summed E-state index contributed by atoms with van der Waals surface area (Å²) < 4.78 is 55.0. The molecule has 12 heteroatoms. The van der Waals surface area contributed by atoms with E-state index in [-0.39, 0.29) is 21.6 Å². The summed E-state index contributed by atoms with van der Waals surface area (Å²) in [7, 11) is -7.26. The Balaban J connectivity index is 1.62. The lowest BCUT2D eigenvalue weighted by Crippen LogP contribution is -2.50. The van der Waals surface area contributed by atoms with E-state index in [1.54, 1.807) is 34.1 Å². The van der Waals surface area contributed by atoms with Crippen LogP contribution in [-0.4, -0.2) is 99.4 Å². The van der Waals surface area contributed by atoms with Gasteiger partial charge in [0.1, 0.15) is 0 Å². The van der Waals surface area contributed by atoms with Crippen molar-refractivity contribution in [3.05, 3.63) is 59.7 Å². The smallest absolute Gasteiger partial charge is 0.253 e. The lowest BCUT2D eigenvalue weighted by atomic mass is 10.1. The summed E-state index contributed by atoms with van der Waals surface area (Å²) >= 11 is 0. The number of benzene rings is 2. The number of hydrogen-bond acceptors (Lipinski definition) is 6. The Morgan fingerprint density at radius 2 is 0.810 bits per heavy atom. The Kier molecular flexibility index (Phi) is 12.1. The molecule has 0 unspecified atom stereocenters. The molecule has 0 aromatic heterocycles. The lowest BCUT2D eigenvalue weighted by Gasteiger charge is -2.35. The van der Waals surface area contributed by atoms with Crippen molar-refractivity contribution >= 4 is 31.9 Å². The van der Waals surface area contributed by atoms with Gasteiger partial charge in [-0.3, -0.25) is 9.59 Å². The fourth-order valence-corrected chi connectivity index (χ4v) is 8.26. The number of hydrogen-bond donors (Lipinski definition) is 0. The van der Waals surface area contributed by atoms with Crippen LogP contribution >= 0.6 is 0 Å². The fourth-order valence-electron chi connectivity index (χ4n) is 5.02. The molecule has 2 amide bonds. The minimum atomic E-state index is -3.63. The molecule has 232 valence electrons. The fraction of sp³-hybridized carbons (Fsp3) is 0.533. The highest BCUT2D eigenvalue weighted by molar-refractivity contribution is 7.89. The first kappa shape index (κ1) is 33.7. The van der Waals surface area contributed by atoms with Crippen molar-refractivity contribution in [2.45, 2.75) is 63.2 Å². The lowest BCUT2D eigenvalue weighted by molar-refractivity contribution is 0.0535. The highest BCUT2D eigenvalue weighted by atomic mass is 32.2. The third kappa shape index (κ3) is 7.77. The molecule has 0 aliphatic carbocycles. The van der Waals surface area contributed by atoms with Crippen molar-refractivity contribution in [2.24, 2.45) is 0 Å². The van der Waals surface area contributed by atoms with Gasteiger partial charge in [-0.15, -0.1) is 0 Å². The molecule has 3 rings (SSSR count). The molecule has 0 saturated carbocycles. The second-order valence-corrected chi connectivity index (χ2v) is 14.3. The topological polar surface area (TPSA) is 115 Å². The van der Waals surface area contributed by atoms with E-state index in [9.17, 15) is 26.4 Å². The molecule has 0 bridgehead atoms. The van der Waals surface area contributed by atoms with Gasteiger partial charge >= 0.3 is 0 Å². The predicted molar refractivity (Wildman–Crippen MR) is 163 cm³/mol. The zero-order valence-electron chi connectivity index (χ0n) is 25.2. The van der Waals surface area contributed by atoms with E-state index in [4.69, 9.17) is 0 Å². The maximum Gasteiger partial charge on any atom is 0.253 e. The second kappa shape index (κ2) is 15.1. The van der Waals surface area contributed by atoms with Gasteiger partial charge in [0, 0.05) is 63.5 Å². The first-order valence-corrected chi connectivity index (χ1v) is 17.7. The quantitative estimate of drug-likeness (QED) is 0.316. The number of rotatable bonds is 14. The Bertz CT molecular complexity index is 1280. The second-order valence-electron chi connectivity index (χ2n) is 10.4. The Morgan fingerprint density at radius 1 is 0.548 bits per heavy atom. The number of amides is 2. The van der Waals surface area contributed by atoms with E-state index in [0.717, 1.165) is 0 Å². The zero-order valence-corrected chi connectivity index (χ0v) is 26.8. The van der Waals surface area contributed by atoms with Gasteiger partial charge in [-0.25, -0.2) is 16.8 Å². The van der Waals surface area contributed by atoms with Crippen LogP contribution in [0.5, 0.6) is 0 Å². The number of carbonyl (C=O) groups excluding carboxylic acids is 2. The standard InChI is InChI=1S/C30H44N4O6S2/c1-5-17-33(18-6-2)41(37,38)27-13-9-25(10-14-27)29(35)31-21-23-32(24-22-31)30(36)26-11-15-28(16-12-26)42(39,40)34(19-7-3)20-8-4/h9-16H,5-8,17-24H2,1-4H3. The monoisotopic (exact) mass is 620 g/mol. The maximum atomic E-state index is 13.1. The SMILES string of the molecule is CCCN(CCC)S(=O)(=O)c1ccc(C(=O)N2CCN(C(=O)c3ccc(S(=O)(=O)N(CCC)CCC)cc3)CC2)cc1. The summed E-state index contributed by atoms with van der Waals surface area (Å²) in [6, 6.07) is 12.1. The van der Waals surface area contributed by atoms with Crippen LogP contribution in [0.1, 0.15) is 74.1 Å². The molecule has 1 heterocycles. The molecule has 2 aromatic rings. The summed E-state index contributed by atoms with van der Waals surface area (Å²) in [6.45, 7) is 10.9. The molecule has 42 heavy (non-hydrogen) atoms. The van der Waals surface area contributed by atoms with Crippen LogP contribution in [0.15, 0.2) is 58.3 Å². The molecule has 0 spiro atoms. The molecule has 0 atom stereocenters. The van der Waals surface area contributed by atoms with E-state index in [1.807, 2.05) is 27.7 Å². The van der Waals surface area contributed by atoms with Crippen LogP contribution in [0.4, 0.5) is 0 Å². The molecule has 0 radical (unpaired) electrons. The first-order chi connectivity index (χ1) is 20.0. The van der Waals surface area contributed by atoms with Gasteiger partial charge in [0.25, 0.3) is 11.8 Å². The van der Waals surface area contributed by atoms with Crippen molar-refractivity contribution in [3.63, 3.8) is 0 Å². The molecule has 0 N–H and O–H groups in total. The highest BCUT2D eigenvalue weighted by Gasteiger charge is 2.28. The van der Waals surface area contributed by atoms with Crippen molar-refractivity contribution in [1.29, 1.82) is 0 Å². The molecule has 2 aromatic carbocycles. The average Bonchev–Trinajstić information content (AvgIpc) is 3.00. The third-order valence-corrected chi connectivity index (χ3v) is 11.0. The normalized spacial score (nSPS) is 14.5. The van der Waals surface area contributed by atoms with Gasteiger partial charge in [0.15, 0.2) is 0 Å². The van der Waals surface area contributed by atoms with E-state index in [2.05, 4.69) is 0 Å². The Hall–Kier alpha value is -2.80. The summed E-state index contributed by atoms with van der Waals surface area (Å²) in [5.41, 5.74) is 0.784. The van der Waals surface area contributed by atoms with Crippen molar-refractivity contribution < 1.29 is 26.4 Å². The summed E-state index contributed by atoms with van der Waals surface area (Å²) in [5, 5.41) is 0. The number of sulfonamides is 2. The van der Waals surface area contributed by atoms with Gasteiger partial charge in [-0.1, -0.05) is 27.7 Å². The van der Waals surface area contributed by atoms with E-state index < -0.39 is 20.0 Å². The average molecular weight is 621 g/mol. The summed E-state index contributed by atoms with van der Waals surface area (Å²) in [6.07, 6.45) is 2.87. The molecule has 10 nitrogen and oxygen atoms in total. The largest absolute Gasteiger partial charge is 0.335 e. The maximum absolute atomic E-state index is 13.1. The zero-order chi connectivity index (χ0) is 30.9. The van der Waals surface area contributed by atoms with Gasteiger partial charge < -0.3 is 9.80 Å². The summed E-state index contributed by atoms with van der Waals surface area (Å²) in [4.78, 5) is 29.9. The van der Waals surface area contributed by atoms with E-state index in [1.165, 1.54) is 32.9 Å². The molecule has 1 saturated heterocycles. The van der Waals surface area contributed by atoms with Gasteiger partial charge in [-0.2, -0.15) is 8.61 Å². The van der Waals surface area contributed by atoms with Crippen molar-refractivity contribution in [3.8, 4) is 0 Å². The molecular weight excluding hydrogens is 576 g/mol. The number of carbonyl (C=O) groups is 2. The van der Waals surface area contributed by atoms with Crippen LogP contribution in [0.2, 0.25) is 0 Å². The predicted octanol–water partition coefficient (Wildman–Crippen LogP) is 3.91.